The van der Waals surface area contributed by atoms with Gasteiger partial charge in [0.25, 0.3) is 0 Å². The van der Waals surface area contributed by atoms with E-state index in [4.69, 9.17) is 22.1 Å². The SMILES string of the molecule is Cn1nc(COc2ccc(F)c(Cl)c2)cc1N. The Morgan fingerprint density at radius 2 is 2.24 bits per heavy atom. The molecular weight excluding hydrogens is 245 g/mol. The average Bonchev–Trinajstić information content (AvgIpc) is 2.60. The average molecular weight is 256 g/mol. The fourth-order valence-electron chi connectivity index (χ4n) is 1.34. The van der Waals surface area contributed by atoms with Crippen LogP contribution in [0.4, 0.5) is 10.2 Å². The van der Waals surface area contributed by atoms with Crippen LogP contribution in [-0.4, -0.2) is 9.78 Å². The summed E-state index contributed by atoms with van der Waals surface area (Å²) < 4.78 is 19.9. The van der Waals surface area contributed by atoms with Crippen molar-refractivity contribution >= 4 is 17.4 Å². The summed E-state index contributed by atoms with van der Waals surface area (Å²) in [6.07, 6.45) is 0. The molecule has 0 saturated carbocycles. The maximum atomic E-state index is 12.9. The van der Waals surface area contributed by atoms with E-state index in [9.17, 15) is 4.39 Å². The fraction of sp³-hybridized carbons (Fsp3) is 0.182. The van der Waals surface area contributed by atoms with Gasteiger partial charge in [-0.2, -0.15) is 5.10 Å². The van der Waals surface area contributed by atoms with Crippen molar-refractivity contribution in [3.63, 3.8) is 0 Å². The Bertz CT molecular complexity index is 522. The smallest absolute Gasteiger partial charge is 0.142 e. The first-order valence-electron chi connectivity index (χ1n) is 4.92. The van der Waals surface area contributed by atoms with Crippen molar-refractivity contribution in [2.75, 3.05) is 5.73 Å². The Kier molecular flexibility index (Phi) is 3.19. The van der Waals surface area contributed by atoms with Crippen LogP contribution in [0, 0.1) is 5.82 Å². The highest BCUT2D eigenvalue weighted by atomic mass is 35.5. The molecule has 0 aliphatic rings. The van der Waals surface area contributed by atoms with Crippen molar-refractivity contribution in [3.8, 4) is 5.75 Å². The number of aryl methyl sites for hydroxylation is 1. The van der Waals surface area contributed by atoms with Gasteiger partial charge in [-0.05, 0) is 12.1 Å². The minimum Gasteiger partial charge on any atom is -0.487 e. The first-order chi connectivity index (χ1) is 8.06. The van der Waals surface area contributed by atoms with Crippen molar-refractivity contribution < 1.29 is 9.13 Å². The van der Waals surface area contributed by atoms with Crippen LogP contribution in [0.3, 0.4) is 0 Å². The summed E-state index contributed by atoms with van der Waals surface area (Å²) in [5.74, 6) is 0.572. The van der Waals surface area contributed by atoms with Gasteiger partial charge in [0.05, 0.1) is 5.02 Å². The molecule has 2 rings (SSSR count). The molecule has 0 saturated heterocycles. The summed E-state index contributed by atoms with van der Waals surface area (Å²) in [6.45, 7) is 0.257. The van der Waals surface area contributed by atoms with Crippen molar-refractivity contribution in [2.24, 2.45) is 7.05 Å². The highest BCUT2D eigenvalue weighted by molar-refractivity contribution is 6.30. The van der Waals surface area contributed by atoms with Crippen LogP contribution in [0.5, 0.6) is 5.75 Å². The fourth-order valence-corrected chi connectivity index (χ4v) is 1.51. The van der Waals surface area contributed by atoms with Crippen molar-refractivity contribution in [1.29, 1.82) is 0 Å². The van der Waals surface area contributed by atoms with Gasteiger partial charge in [0, 0.05) is 19.2 Å². The molecule has 0 fully saturated rings. The molecular formula is C11H11ClFN3O. The van der Waals surface area contributed by atoms with Crippen LogP contribution in [0.2, 0.25) is 5.02 Å². The van der Waals surface area contributed by atoms with Gasteiger partial charge < -0.3 is 10.5 Å². The van der Waals surface area contributed by atoms with Gasteiger partial charge >= 0.3 is 0 Å². The number of ether oxygens (including phenoxy) is 1. The van der Waals surface area contributed by atoms with Crippen molar-refractivity contribution in [1.82, 2.24) is 9.78 Å². The number of nitrogens with two attached hydrogens (primary N) is 1. The Hall–Kier alpha value is -1.75. The number of nitrogens with zero attached hydrogens (tertiary/aromatic N) is 2. The van der Waals surface area contributed by atoms with Crippen molar-refractivity contribution in [3.05, 3.63) is 40.8 Å². The number of anilines is 1. The van der Waals surface area contributed by atoms with Crippen LogP contribution in [-0.2, 0) is 13.7 Å². The maximum Gasteiger partial charge on any atom is 0.142 e. The molecule has 0 amide bonds. The molecule has 0 aliphatic carbocycles. The second kappa shape index (κ2) is 4.63. The number of halogens is 2. The third-order valence-corrected chi connectivity index (χ3v) is 2.53. The van der Waals surface area contributed by atoms with Gasteiger partial charge in [0.15, 0.2) is 0 Å². The molecule has 0 unspecified atom stereocenters. The lowest BCUT2D eigenvalue weighted by Gasteiger charge is -2.04. The maximum absolute atomic E-state index is 12.9. The molecule has 2 N–H and O–H groups in total. The Labute approximate surface area is 103 Å². The first kappa shape index (κ1) is 11.7. The topological polar surface area (TPSA) is 53.1 Å². The number of hydrogen-bond donors (Lipinski definition) is 1. The van der Waals surface area contributed by atoms with Crippen LogP contribution < -0.4 is 10.5 Å². The molecule has 0 radical (unpaired) electrons. The van der Waals surface area contributed by atoms with Crippen LogP contribution in [0.15, 0.2) is 24.3 Å². The third kappa shape index (κ3) is 2.68. The minimum atomic E-state index is -0.471. The number of benzene rings is 1. The normalized spacial score (nSPS) is 10.5. The summed E-state index contributed by atoms with van der Waals surface area (Å²) in [4.78, 5) is 0. The number of rotatable bonds is 3. The summed E-state index contributed by atoms with van der Waals surface area (Å²) in [5, 5.41) is 4.16. The van der Waals surface area contributed by atoms with E-state index in [0.29, 0.717) is 17.3 Å². The molecule has 90 valence electrons. The number of hydrogen-bond acceptors (Lipinski definition) is 3. The standard InChI is InChI=1S/C11H11ClFN3O/c1-16-11(14)4-7(15-16)6-17-8-2-3-10(13)9(12)5-8/h2-5H,6,14H2,1H3. The lowest BCUT2D eigenvalue weighted by atomic mass is 10.3. The predicted octanol–water partition coefficient (Wildman–Crippen LogP) is 2.37. The van der Waals surface area contributed by atoms with E-state index in [1.165, 1.54) is 18.2 Å². The van der Waals surface area contributed by atoms with Crippen LogP contribution >= 0.6 is 11.6 Å². The third-order valence-electron chi connectivity index (χ3n) is 2.24. The first-order valence-corrected chi connectivity index (χ1v) is 5.30. The highest BCUT2D eigenvalue weighted by Gasteiger charge is 2.05. The Balaban J connectivity index is 2.04. The molecule has 4 nitrogen and oxygen atoms in total. The molecule has 6 heteroatoms. The summed E-state index contributed by atoms with van der Waals surface area (Å²) in [5.41, 5.74) is 6.33. The monoisotopic (exact) mass is 255 g/mol. The van der Waals surface area contributed by atoms with E-state index in [1.54, 1.807) is 17.8 Å². The van der Waals surface area contributed by atoms with Crippen LogP contribution in [0.25, 0.3) is 0 Å². The molecule has 1 aromatic heterocycles. The van der Waals surface area contributed by atoms with Gasteiger partial charge in [-0.1, -0.05) is 11.6 Å². The lowest BCUT2D eigenvalue weighted by molar-refractivity contribution is 0.299. The number of nitrogen functional groups attached to an aromatic ring is 1. The van der Waals surface area contributed by atoms with E-state index in [0.717, 1.165) is 0 Å². The van der Waals surface area contributed by atoms with Gasteiger partial charge in [-0.15, -0.1) is 0 Å². The number of aromatic nitrogens is 2. The molecule has 1 aromatic carbocycles. The van der Waals surface area contributed by atoms with E-state index < -0.39 is 5.82 Å². The minimum absolute atomic E-state index is 0.0306. The Morgan fingerprint density at radius 3 is 2.82 bits per heavy atom. The molecule has 1 heterocycles. The molecule has 0 aliphatic heterocycles. The second-order valence-corrected chi connectivity index (χ2v) is 3.96. The summed E-state index contributed by atoms with van der Waals surface area (Å²) >= 11 is 5.63. The molecule has 17 heavy (non-hydrogen) atoms. The van der Waals surface area contributed by atoms with E-state index in [-0.39, 0.29) is 11.6 Å². The lowest BCUT2D eigenvalue weighted by Crippen LogP contribution is -1.99. The Morgan fingerprint density at radius 1 is 1.47 bits per heavy atom. The largest absolute Gasteiger partial charge is 0.487 e. The predicted molar refractivity (Wildman–Crippen MR) is 63.4 cm³/mol. The zero-order chi connectivity index (χ0) is 12.4. The molecule has 2 aromatic rings. The molecule has 0 bridgehead atoms. The van der Waals surface area contributed by atoms with E-state index in [2.05, 4.69) is 5.10 Å². The zero-order valence-electron chi connectivity index (χ0n) is 9.15. The summed E-state index contributed by atoms with van der Waals surface area (Å²) in [7, 11) is 1.74. The van der Waals surface area contributed by atoms with E-state index >= 15 is 0 Å². The molecule has 0 atom stereocenters. The van der Waals surface area contributed by atoms with E-state index in [1.807, 2.05) is 0 Å². The quantitative estimate of drug-likeness (QED) is 0.916. The van der Waals surface area contributed by atoms with Gasteiger partial charge in [0.1, 0.15) is 29.7 Å². The highest BCUT2D eigenvalue weighted by Crippen LogP contribution is 2.21. The molecule has 0 spiro atoms. The van der Waals surface area contributed by atoms with Gasteiger partial charge in [-0.25, -0.2) is 4.39 Å². The van der Waals surface area contributed by atoms with Crippen LogP contribution in [0.1, 0.15) is 5.69 Å². The second-order valence-electron chi connectivity index (χ2n) is 3.55. The zero-order valence-corrected chi connectivity index (χ0v) is 9.91. The van der Waals surface area contributed by atoms with Crippen molar-refractivity contribution in [2.45, 2.75) is 6.61 Å². The summed E-state index contributed by atoms with van der Waals surface area (Å²) in [6, 6.07) is 5.90. The van der Waals surface area contributed by atoms with Gasteiger partial charge in [0.2, 0.25) is 0 Å². The van der Waals surface area contributed by atoms with Gasteiger partial charge in [-0.3, -0.25) is 4.68 Å².